The standard InChI is InChI=1S/C28H47N3O5/c1-8-18(2)25(29-5)23(35-6)17-24(32)31-16-12-15-22(31)27(36-7)19(3)28(34)30-20(4)26(33)21-13-10-9-11-14-21/h9-11,13-14,18-20,22-23,25-27,29,33H,8,12,15-17H2,1-7H3,(H,30,34). The van der Waals surface area contributed by atoms with Gasteiger partial charge in [0.25, 0.3) is 0 Å². The van der Waals surface area contributed by atoms with Crippen LogP contribution in [0.4, 0.5) is 0 Å². The molecule has 8 heteroatoms. The molecule has 0 spiro atoms. The van der Waals surface area contributed by atoms with Gasteiger partial charge in [-0.15, -0.1) is 0 Å². The highest BCUT2D eigenvalue weighted by Crippen LogP contribution is 2.28. The zero-order chi connectivity index (χ0) is 26.8. The average molecular weight is 506 g/mol. The zero-order valence-electron chi connectivity index (χ0n) is 23.1. The first-order valence-corrected chi connectivity index (χ1v) is 13.3. The number of likely N-dealkylation sites (tertiary alicyclic amines) is 1. The molecule has 1 fully saturated rings. The first kappa shape index (κ1) is 30.2. The fourth-order valence-electron chi connectivity index (χ4n) is 5.40. The second-order valence-corrected chi connectivity index (χ2v) is 10.1. The molecule has 36 heavy (non-hydrogen) atoms. The average Bonchev–Trinajstić information content (AvgIpc) is 3.38. The van der Waals surface area contributed by atoms with Crippen LogP contribution in [0, 0.1) is 11.8 Å². The Hall–Kier alpha value is -2.00. The Bertz CT molecular complexity index is 808. The Kier molecular flexibility index (Phi) is 12.3. The Labute approximate surface area is 217 Å². The van der Waals surface area contributed by atoms with Crippen LogP contribution in [-0.4, -0.2) is 80.0 Å². The number of likely N-dealkylation sites (N-methyl/N-ethyl adjacent to an activating group) is 1. The smallest absolute Gasteiger partial charge is 0.225 e. The van der Waals surface area contributed by atoms with Gasteiger partial charge < -0.3 is 30.1 Å². The van der Waals surface area contributed by atoms with Gasteiger partial charge in [-0.05, 0) is 38.3 Å². The summed E-state index contributed by atoms with van der Waals surface area (Å²) in [6, 6.07) is 8.70. The molecule has 8 atom stereocenters. The van der Waals surface area contributed by atoms with Crippen molar-refractivity contribution in [2.75, 3.05) is 27.8 Å². The van der Waals surface area contributed by atoms with Crippen molar-refractivity contribution in [1.29, 1.82) is 0 Å². The number of benzene rings is 1. The topological polar surface area (TPSA) is 100 Å². The van der Waals surface area contributed by atoms with Crippen molar-refractivity contribution < 1.29 is 24.2 Å². The minimum absolute atomic E-state index is 0.0235. The monoisotopic (exact) mass is 505 g/mol. The molecule has 3 N–H and O–H groups in total. The van der Waals surface area contributed by atoms with E-state index in [4.69, 9.17) is 9.47 Å². The number of hydrogen-bond acceptors (Lipinski definition) is 6. The fraction of sp³-hybridized carbons (Fsp3) is 0.714. The number of aliphatic hydroxyl groups is 1. The molecule has 0 saturated carbocycles. The number of ether oxygens (including phenoxy) is 2. The van der Waals surface area contributed by atoms with Crippen molar-refractivity contribution in [3.05, 3.63) is 35.9 Å². The molecule has 0 aliphatic carbocycles. The fourth-order valence-corrected chi connectivity index (χ4v) is 5.40. The molecular weight excluding hydrogens is 458 g/mol. The van der Waals surface area contributed by atoms with Gasteiger partial charge in [0.2, 0.25) is 11.8 Å². The number of methoxy groups -OCH3 is 2. The largest absolute Gasteiger partial charge is 0.386 e. The van der Waals surface area contributed by atoms with Crippen LogP contribution in [0.15, 0.2) is 30.3 Å². The molecule has 1 aromatic carbocycles. The number of carbonyl (C=O) groups excluding carboxylic acids is 2. The summed E-state index contributed by atoms with van der Waals surface area (Å²) in [5, 5.41) is 16.9. The van der Waals surface area contributed by atoms with E-state index < -0.39 is 24.2 Å². The first-order chi connectivity index (χ1) is 17.2. The van der Waals surface area contributed by atoms with E-state index in [1.807, 2.05) is 49.2 Å². The van der Waals surface area contributed by atoms with Crippen molar-refractivity contribution in [2.45, 2.75) is 89.8 Å². The van der Waals surface area contributed by atoms with Gasteiger partial charge >= 0.3 is 0 Å². The Balaban J connectivity index is 2.07. The summed E-state index contributed by atoms with van der Waals surface area (Å²) in [7, 11) is 5.15. The number of nitrogens with one attached hydrogen (secondary N) is 2. The molecule has 8 unspecified atom stereocenters. The lowest BCUT2D eigenvalue weighted by molar-refractivity contribution is -0.142. The van der Waals surface area contributed by atoms with E-state index in [1.165, 1.54) is 0 Å². The van der Waals surface area contributed by atoms with Crippen molar-refractivity contribution in [2.24, 2.45) is 11.8 Å². The van der Waals surface area contributed by atoms with E-state index in [2.05, 4.69) is 24.5 Å². The van der Waals surface area contributed by atoms with Gasteiger partial charge in [0, 0.05) is 26.8 Å². The minimum atomic E-state index is -0.815. The molecule has 1 aromatic rings. The molecule has 1 heterocycles. The van der Waals surface area contributed by atoms with Crippen LogP contribution in [0.25, 0.3) is 0 Å². The number of nitrogens with zero attached hydrogens (tertiary/aromatic N) is 1. The summed E-state index contributed by atoms with van der Waals surface area (Å²) in [6.07, 6.45) is 1.41. The molecule has 2 rings (SSSR count). The van der Waals surface area contributed by atoms with Gasteiger partial charge in [0.15, 0.2) is 0 Å². The third kappa shape index (κ3) is 7.51. The third-order valence-electron chi connectivity index (χ3n) is 7.83. The molecule has 0 aromatic heterocycles. The van der Waals surface area contributed by atoms with E-state index in [0.29, 0.717) is 12.5 Å². The number of amides is 2. The minimum Gasteiger partial charge on any atom is -0.386 e. The summed E-state index contributed by atoms with van der Waals surface area (Å²) in [5.74, 6) is -0.311. The second-order valence-electron chi connectivity index (χ2n) is 10.1. The van der Waals surface area contributed by atoms with Crippen molar-refractivity contribution in [3.63, 3.8) is 0 Å². The predicted molar refractivity (Wildman–Crippen MR) is 141 cm³/mol. The third-order valence-corrected chi connectivity index (χ3v) is 7.83. The molecule has 1 aliphatic rings. The molecule has 1 aliphatic heterocycles. The lowest BCUT2D eigenvalue weighted by atomic mass is 9.91. The van der Waals surface area contributed by atoms with Crippen LogP contribution >= 0.6 is 0 Å². The lowest BCUT2D eigenvalue weighted by Gasteiger charge is -2.36. The Morgan fingerprint density at radius 1 is 1.14 bits per heavy atom. The summed E-state index contributed by atoms with van der Waals surface area (Å²) >= 11 is 0. The van der Waals surface area contributed by atoms with Crippen LogP contribution in [-0.2, 0) is 19.1 Å². The van der Waals surface area contributed by atoms with Gasteiger partial charge in [-0.2, -0.15) is 0 Å². The Morgan fingerprint density at radius 2 is 1.81 bits per heavy atom. The maximum Gasteiger partial charge on any atom is 0.225 e. The van der Waals surface area contributed by atoms with E-state index >= 15 is 0 Å². The Morgan fingerprint density at radius 3 is 2.36 bits per heavy atom. The summed E-state index contributed by atoms with van der Waals surface area (Å²) in [6.45, 7) is 8.55. The molecule has 204 valence electrons. The normalized spacial score (nSPS) is 21.8. The molecule has 8 nitrogen and oxygen atoms in total. The van der Waals surface area contributed by atoms with Gasteiger partial charge in [-0.1, -0.05) is 57.5 Å². The first-order valence-electron chi connectivity index (χ1n) is 13.3. The number of aliphatic hydroxyl groups excluding tert-OH is 1. The predicted octanol–water partition coefficient (Wildman–Crippen LogP) is 2.91. The van der Waals surface area contributed by atoms with E-state index in [1.54, 1.807) is 21.1 Å². The number of rotatable bonds is 14. The maximum atomic E-state index is 13.4. The summed E-state index contributed by atoms with van der Waals surface area (Å²) in [4.78, 5) is 28.4. The van der Waals surface area contributed by atoms with Crippen LogP contribution in [0.2, 0.25) is 0 Å². The van der Waals surface area contributed by atoms with Crippen LogP contribution < -0.4 is 10.6 Å². The van der Waals surface area contributed by atoms with Crippen molar-refractivity contribution in [3.8, 4) is 0 Å². The zero-order valence-corrected chi connectivity index (χ0v) is 23.1. The van der Waals surface area contributed by atoms with Crippen LogP contribution in [0.5, 0.6) is 0 Å². The lowest BCUT2D eigenvalue weighted by Crippen LogP contribution is -2.52. The SMILES string of the molecule is CCC(C)C(NC)C(CC(=O)N1CCCC1C(OC)C(C)C(=O)NC(C)C(O)c1ccccc1)OC. The quantitative estimate of drug-likeness (QED) is 0.360. The van der Waals surface area contributed by atoms with Gasteiger partial charge in [0.1, 0.15) is 0 Å². The van der Waals surface area contributed by atoms with Crippen LogP contribution in [0.3, 0.4) is 0 Å². The van der Waals surface area contributed by atoms with Crippen molar-refractivity contribution in [1.82, 2.24) is 15.5 Å². The molecule has 1 saturated heterocycles. The highest BCUT2D eigenvalue weighted by molar-refractivity contribution is 5.80. The molecule has 0 radical (unpaired) electrons. The van der Waals surface area contributed by atoms with Crippen LogP contribution in [0.1, 0.15) is 65.0 Å². The van der Waals surface area contributed by atoms with E-state index in [9.17, 15) is 14.7 Å². The molecule has 0 bridgehead atoms. The highest BCUT2D eigenvalue weighted by atomic mass is 16.5. The van der Waals surface area contributed by atoms with E-state index in [-0.39, 0.29) is 36.4 Å². The maximum absolute atomic E-state index is 13.4. The van der Waals surface area contributed by atoms with Crippen molar-refractivity contribution >= 4 is 11.8 Å². The van der Waals surface area contributed by atoms with E-state index in [0.717, 1.165) is 24.8 Å². The van der Waals surface area contributed by atoms with Gasteiger partial charge in [-0.3, -0.25) is 9.59 Å². The summed E-state index contributed by atoms with van der Waals surface area (Å²) in [5.41, 5.74) is 0.749. The second kappa shape index (κ2) is 14.7. The van der Waals surface area contributed by atoms with Gasteiger partial charge in [0.05, 0.1) is 42.7 Å². The highest BCUT2D eigenvalue weighted by Gasteiger charge is 2.41. The number of carbonyl (C=O) groups is 2. The number of hydrogen-bond donors (Lipinski definition) is 3. The molecule has 2 amide bonds. The molecular formula is C28H47N3O5. The van der Waals surface area contributed by atoms with Gasteiger partial charge in [-0.25, -0.2) is 0 Å². The summed E-state index contributed by atoms with van der Waals surface area (Å²) < 4.78 is 11.6.